The molecule has 0 fully saturated rings. The summed E-state index contributed by atoms with van der Waals surface area (Å²) in [5, 5.41) is 21.4. The van der Waals surface area contributed by atoms with Crippen molar-refractivity contribution in [2.45, 2.75) is 32.9 Å². The van der Waals surface area contributed by atoms with Gasteiger partial charge in [-0.3, -0.25) is 0 Å². The fraction of sp³-hybridized carbons (Fsp3) is 0.263. The zero-order valence-corrected chi connectivity index (χ0v) is 14.0. The van der Waals surface area contributed by atoms with E-state index < -0.39 is 11.7 Å². The molecule has 0 aliphatic rings. The van der Waals surface area contributed by atoms with Gasteiger partial charge in [0.15, 0.2) is 0 Å². The number of nitriles is 1. The highest BCUT2D eigenvalue weighted by atomic mass is 16.6. The van der Waals surface area contributed by atoms with Crippen LogP contribution in [0.3, 0.4) is 0 Å². The summed E-state index contributed by atoms with van der Waals surface area (Å²) in [6.45, 7) is 5.75. The van der Waals surface area contributed by atoms with Gasteiger partial charge in [0.2, 0.25) is 0 Å². The fourth-order valence-electron chi connectivity index (χ4n) is 2.19. The molecule has 0 saturated heterocycles. The van der Waals surface area contributed by atoms with Gasteiger partial charge in [0.05, 0.1) is 11.6 Å². The number of nitrogens with zero attached hydrogens (tertiary/aromatic N) is 1. The molecule has 0 aliphatic heterocycles. The highest BCUT2D eigenvalue weighted by Crippen LogP contribution is 2.26. The van der Waals surface area contributed by atoms with Gasteiger partial charge in [-0.25, -0.2) is 4.79 Å². The number of carbonyl (C=O) groups excluding carboxylic acids is 1. The monoisotopic (exact) mass is 324 g/mol. The summed E-state index contributed by atoms with van der Waals surface area (Å²) >= 11 is 0. The molecular weight excluding hydrogens is 304 g/mol. The first-order chi connectivity index (χ1) is 11.3. The Labute approximate surface area is 141 Å². The lowest BCUT2D eigenvalue weighted by Gasteiger charge is -2.19. The van der Waals surface area contributed by atoms with Gasteiger partial charge in [-0.15, -0.1) is 0 Å². The van der Waals surface area contributed by atoms with Crippen LogP contribution in [0.5, 0.6) is 5.75 Å². The summed E-state index contributed by atoms with van der Waals surface area (Å²) in [5.74, 6) is 0.0429. The number of nitrogens with one attached hydrogen (secondary N) is 1. The summed E-state index contributed by atoms with van der Waals surface area (Å²) in [6.07, 6.45) is -0.475. The van der Waals surface area contributed by atoms with Crippen molar-refractivity contribution in [3.05, 3.63) is 53.6 Å². The summed E-state index contributed by atoms with van der Waals surface area (Å²) in [5.41, 5.74) is 2.33. The Bertz CT molecular complexity index is 786. The van der Waals surface area contributed by atoms with E-state index in [1.807, 2.05) is 51.1 Å². The molecule has 0 heterocycles. The molecule has 124 valence electrons. The molecule has 0 saturated carbocycles. The van der Waals surface area contributed by atoms with Crippen molar-refractivity contribution in [1.29, 1.82) is 5.26 Å². The number of alkyl carbamates (subject to hydrolysis) is 1. The Hall–Kier alpha value is -3.00. The van der Waals surface area contributed by atoms with Crippen LogP contribution in [0.25, 0.3) is 11.1 Å². The van der Waals surface area contributed by atoms with Gasteiger partial charge >= 0.3 is 6.09 Å². The quantitative estimate of drug-likeness (QED) is 0.895. The van der Waals surface area contributed by atoms with Crippen LogP contribution in [-0.2, 0) is 11.3 Å². The van der Waals surface area contributed by atoms with Crippen molar-refractivity contribution < 1.29 is 14.6 Å². The van der Waals surface area contributed by atoms with Crippen molar-refractivity contribution >= 4 is 6.09 Å². The third-order valence-electron chi connectivity index (χ3n) is 3.14. The maximum Gasteiger partial charge on any atom is 0.407 e. The van der Waals surface area contributed by atoms with Crippen LogP contribution in [0.4, 0.5) is 4.79 Å². The normalized spacial score (nSPS) is 10.8. The van der Waals surface area contributed by atoms with E-state index in [0.717, 1.165) is 16.7 Å². The predicted molar refractivity (Wildman–Crippen MR) is 91.3 cm³/mol. The first-order valence-corrected chi connectivity index (χ1v) is 7.57. The van der Waals surface area contributed by atoms with E-state index in [9.17, 15) is 9.90 Å². The fourth-order valence-corrected chi connectivity index (χ4v) is 2.19. The van der Waals surface area contributed by atoms with Crippen LogP contribution in [0.15, 0.2) is 42.5 Å². The number of ether oxygens (including phenoxy) is 1. The van der Waals surface area contributed by atoms with E-state index in [2.05, 4.69) is 5.32 Å². The van der Waals surface area contributed by atoms with E-state index in [-0.39, 0.29) is 5.75 Å². The molecule has 2 aromatic carbocycles. The first-order valence-electron chi connectivity index (χ1n) is 7.57. The molecule has 0 aromatic heterocycles. The number of rotatable bonds is 3. The van der Waals surface area contributed by atoms with Gasteiger partial charge in [-0.1, -0.05) is 18.2 Å². The second-order valence-corrected chi connectivity index (χ2v) is 6.44. The van der Waals surface area contributed by atoms with Crippen LogP contribution in [0.2, 0.25) is 0 Å². The molecular formula is C19H20N2O3. The van der Waals surface area contributed by atoms with Gasteiger partial charge < -0.3 is 15.2 Å². The second-order valence-electron chi connectivity index (χ2n) is 6.44. The van der Waals surface area contributed by atoms with Crippen LogP contribution in [-0.4, -0.2) is 16.8 Å². The maximum atomic E-state index is 11.7. The van der Waals surface area contributed by atoms with E-state index in [1.165, 1.54) is 6.07 Å². The maximum absolute atomic E-state index is 11.7. The number of carbonyl (C=O) groups is 1. The summed E-state index contributed by atoms with van der Waals surface area (Å²) in [7, 11) is 0. The molecule has 0 atom stereocenters. The molecule has 0 bridgehead atoms. The Morgan fingerprint density at radius 2 is 1.96 bits per heavy atom. The van der Waals surface area contributed by atoms with E-state index in [4.69, 9.17) is 10.00 Å². The molecule has 2 N–H and O–H groups in total. The zero-order chi connectivity index (χ0) is 17.7. The van der Waals surface area contributed by atoms with Gasteiger partial charge in [0, 0.05) is 6.54 Å². The Balaban J connectivity index is 2.14. The number of aromatic hydroxyl groups is 1. The third-order valence-corrected chi connectivity index (χ3v) is 3.14. The standard InChI is InChI=1S/C19H20N2O3/c1-19(2,3)24-18(23)21-12-13-5-4-6-15(7-13)16-8-14(11-20)9-17(22)10-16/h4-10,22H,12H2,1-3H3,(H,21,23). The highest BCUT2D eigenvalue weighted by molar-refractivity contribution is 5.69. The third kappa shape index (κ3) is 5.03. The Kier molecular flexibility index (Phi) is 5.10. The number of hydrogen-bond donors (Lipinski definition) is 2. The molecule has 2 rings (SSSR count). The molecule has 24 heavy (non-hydrogen) atoms. The molecule has 0 radical (unpaired) electrons. The largest absolute Gasteiger partial charge is 0.508 e. The zero-order valence-electron chi connectivity index (χ0n) is 14.0. The van der Waals surface area contributed by atoms with Gasteiger partial charge in [0.1, 0.15) is 11.4 Å². The topological polar surface area (TPSA) is 82.3 Å². The Morgan fingerprint density at radius 3 is 2.62 bits per heavy atom. The summed E-state index contributed by atoms with van der Waals surface area (Å²) in [6, 6.07) is 14.3. The molecule has 0 spiro atoms. The van der Waals surface area contributed by atoms with Crippen LogP contribution in [0, 0.1) is 11.3 Å². The average Bonchev–Trinajstić information content (AvgIpc) is 2.51. The molecule has 0 aliphatic carbocycles. The van der Waals surface area contributed by atoms with Crippen molar-refractivity contribution in [1.82, 2.24) is 5.32 Å². The second kappa shape index (κ2) is 7.05. The molecule has 2 aromatic rings. The number of benzene rings is 2. The van der Waals surface area contributed by atoms with Crippen molar-refractivity contribution in [3.63, 3.8) is 0 Å². The van der Waals surface area contributed by atoms with Gasteiger partial charge in [0.25, 0.3) is 0 Å². The lowest BCUT2D eigenvalue weighted by atomic mass is 10.0. The number of hydrogen-bond acceptors (Lipinski definition) is 4. The minimum atomic E-state index is -0.540. The molecule has 0 unspecified atom stereocenters. The summed E-state index contributed by atoms with van der Waals surface area (Å²) in [4.78, 5) is 11.7. The predicted octanol–water partition coefficient (Wildman–Crippen LogP) is 3.96. The molecule has 1 amide bonds. The highest BCUT2D eigenvalue weighted by Gasteiger charge is 2.15. The van der Waals surface area contributed by atoms with Gasteiger partial charge in [-0.2, -0.15) is 5.26 Å². The lowest BCUT2D eigenvalue weighted by Crippen LogP contribution is -2.32. The van der Waals surface area contributed by atoms with E-state index in [1.54, 1.807) is 12.1 Å². The Morgan fingerprint density at radius 1 is 1.21 bits per heavy atom. The van der Waals surface area contributed by atoms with Crippen molar-refractivity contribution in [2.24, 2.45) is 0 Å². The first kappa shape index (κ1) is 17.4. The van der Waals surface area contributed by atoms with E-state index in [0.29, 0.717) is 12.1 Å². The number of amides is 1. The van der Waals surface area contributed by atoms with Crippen LogP contribution < -0.4 is 5.32 Å². The van der Waals surface area contributed by atoms with E-state index >= 15 is 0 Å². The smallest absolute Gasteiger partial charge is 0.407 e. The average molecular weight is 324 g/mol. The van der Waals surface area contributed by atoms with Crippen LogP contribution >= 0.6 is 0 Å². The minimum Gasteiger partial charge on any atom is -0.508 e. The van der Waals surface area contributed by atoms with Crippen molar-refractivity contribution in [2.75, 3.05) is 0 Å². The van der Waals surface area contributed by atoms with Crippen LogP contribution in [0.1, 0.15) is 31.9 Å². The number of phenols is 1. The van der Waals surface area contributed by atoms with Crippen molar-refractivity contribution in [3.8, 4) is 22.9 Å². The van der Waals surface area contributed by atoms with Gasteiger partial charge in [-0.05, 0) is 61.7 Å². The number of phenolic OH excluding ortho intramolecular Hbond substituents is 1. The lowest BCUT2D eigenvalue weighted by molar-refractivity contribution is 0.0523. The molecule has 5 heteroatoms. The molecule has 5 nitrogen and oxygen atoms in total. The minimum absolute atomic E-state index is 0.0429. The summed E-state index contributed by atoms with van der Waals surface area (Å²) < 4.78 is 5.20. The SMILES string of the molecule is CC(C)(C)OC(=O)NCc1cccc(-c2cc(O)cc(C#N)c2)c1.